The molecule has 0 bridgehead atoms. The van der Waals surface area contributed by atoms with Crippen molar-refractivity contribution >= 4 is 5.97 Å². The largest absolute Gasteiger partial charge is 0.508 e. The van der Waals surface area contributed by atoms with Gasteiger partial charge in [0.15, 0.2) is 0 Å². The van der Waals surface area contributed by atoms with Gasteiger partial charge in [-0.25, -0.2) is 4.79 Å². The standard InChI is InChI=1S/C19H16O4/c1-2-22-19(21)18-17(14-9-6-10-15(20)11-14)16(12-23-18)13-7-4-3-5-8-13/h3-12,20H,2H2,1H3. The Morgan fingerprint density at radius 1 is 1.09 bits per heavy atom. The molecule has 4 nitrogen and oxygen atoms in total. The third kappa shape index (κ3) is 2.97. The van der Waals surface area contributed by atoms with Gasteiger partial charge in [0.2, 0.25) is 5.76 Å². The fourth-order valence-electron chi connectivity index (χ4n) is 2.48. The summed E-state index contributed by atoms with van der Waals surface area (Å²) in [5.74, 6) is -0.262. The minimum absolute atomic E-state index is 0.123. The summed E-state index contributed by atoms with van der Waals surface area (Å²) in [7, 11) is 0. The lowest BCUT2D eigenvalue weighted by molar-refractivity contribution is 0.0491. The highest BCUT2D eigenvalue weighted by atomic mass is 16.5. The van der Waals surface area contributed by atoms with E-state index in [0.29, 0.717) is 11.1 Å². The van der Waals surface area contributed by atoms with E-state index in [-0.39, 0.29) is 18.1 Å². The highest BCUT2D eigenvalue weighted by Gasteiger charge is 2.23. The maximum atomic E-state index is 12.2. The van der Waals surface area contributed by atoms with Crippen LogP contribution in [-0.4, -0.2) is 17.7 Å². The molecule has 4 heteroatoms. The Morgan fingerprint density at radius 3 is 2.52 bits per heavy atom. The summed E-state index contributed by atoms with van der Waals surface area (Å²) < 4.78 is 10.6. The lowest BCUT2D eigenvalue weighted by Gasteiger charge is -2.07. The molecule has 116 valence electrons. The average Bonchev–Trinajstić information content (AvgIpc) is 3.01. The Bertz CT molecular complexity index is 818. The normalized spacial score (nSPS) is 10.5. The number of phenols is 1. The molecule has 1 N–H and O–H groups in total. The molecule has 1 aromatic heterocycles. The summed E-state index contributed by atoms with van der Waals surface area (Å²) >= 11 is 0. The third-order valence-corrected chi connectivity index (χ3v) is 3.47. The minimum atomic E-state index is -0.520. The van der Waals surface area contributed by atoms with Crippen LogP contribution in [-0.2, 0) is 4.74 Å². The molecular formula is C19H16O4. The summed E-state index contributed by atoms with van der Waals surface area (Å²) in [5, 5.41) is 9.76. The first kappa shape index (κ1) is 14.9. The number of rotatable bonds is 4. The van der Waals surface area contributed by atoms with Crippen LogP contribution in [0.1, 0.15) is 17.5 Å². The van der Waals surface area contributed by atoms with Crippen molar-refractivity contribution in [2.75, 3.05) is 6.61 Å². The number of hydrogen-bond acceptors (Lipinski definition) is 4. The summed E-state index contributed by atoms with van der Waals surface area (Å²) in [6, 6.07) is 16.3. The molecular weight excluding hydrogens is 292 g/mol. The molecule has 3 aromatic rings. The van der Waals surface area contributed by atoms with Gasteiger partial charge in [0.05, 0.1) is 6.61 Å². The fourth-order valence-corrected chi connectivity index (χ4v) is 2.48. The molecule has 0 amide bonds. The maximum Gasteiger partial charge on any atom is 0.374 e. The predicted molar refractivity (Wildman–Crippen MR) is 87.2 cm³/mol. The second kappa shape index (κ2) is 6.40. The zero-order valence-corrected chi connectivity index (χ0v) is 12.7. The van der Waals surface area contributed by atoms with E-state index in [4.69, 9.17) is 9.15 Å². The van der Waals surface area contributed by atoms with E-state index in [1.165, 1.54) is 0 Å². The van der Waals surface area contributed by atoms with Crippen LogP contribution < -0.4 is 0 Å². The number of aromatic hydroxyl groups is 1. The van der Waals surface area contributed by atoms with Crippen LogP contribution in [0, 0.1) is 0 Å². The number of furan rings is 1. The van der Waals surface area contributed by atoms with Crippen molar-refractivity contribution in [2.24, 2.45) is 0 Å². The molecule has 0 spiro atoms. The molecule has 2 aromatic carbocycles. The second-order valence-corrected chi connectivity index (χ2v) is 4.99. The number of phenolic OH excluding ortho intramolecular Hbond substituents is 1. The maximum absolute atomic E-state index is 12.2. The number of esters is 1. The molecule has 3 rings (SSSR count). The first-order valence-electron chi connectivity index (χ1n) is 7.34. The van der Waals surface area contributed by atoms with Gasteiger partial charge in [-0.05, 0) is 30.2 Å². The zero-order valence-electron chi connectivity index (χ0n) is 12.7. The second-order valence-electron chi connectivity index (χ2n) is 4.99. The Labute approximate surface area is 134 Å². The van der Waals surface area contributed by atoms with Crippen molar-refractivity contribution in [1.29, 1.82) is 0 Å². The summed E-state index contributed by atoms with van der Waals surface area (Å²) in [6.45, 7) is 2.01. The van der Waals surface area contributed by atoms with Gasteiger partial charge in [-0.2, -0.15) is 0 Å². The molecule has 0 aliphatic heterocycles. The Kier molecular flexibility index (Phi) is 4.15. The van der Waals surface area contributed by atoms with E-state index in [2.05, 4.69) is 0 Å². The minimum Gasteiger partial charge on any atom is -0.508 e. The lowest BCUT2D eigenvalue weighted by Crippen LogP contribution is -2.04. The first-order chi connectivity index (χ1) is 11.2. The molecule has 0 fully saturated rings. The highest BCUT2D eigenvalue weighted by molar-refractivity contribution is 6.00. The van der Waals surface area contributed by atoms with Gasteiger partial charge in [0.25, 0.3) is 0 Å². The van der Waals surface area contributed by atoms with E-state index in [9.17, 15) is 9.90 Å². The van der Waals surface area contributed by atoms with Crippen LogP contribution in [0.15, 0.2) is 65.3 Å². The van der Waals surface area contributed by atoms with E-state index < -0.39 is 5.97 Å². The van der Waals surface area contributed by atoms with Crippen LogP contribution in [0.2, 0.25) is 0 Å². The van der Waals surface area contributed by atoms with Crippen LogP contribution in [0.5, 0.6) is 5.75 Å². The quantitative estimate of drug-likeness (QED) is 0.721. The zero-order chi connectivity index (χ0) is 16.2. The van der Waals surface area contributed by atoms with Crippen molar-refractivity contribution in [3.8, 4) is 28.0 Å². The van der Waals surface area contributed by atoms with Crippen molar-refractivity contribution in [3.05, 3.63) is 66.6 Å². The fraction of sp³-hybridized carbons (Fsp3) is 0.105. The van der Waals surface area contributed by atoms with E-state index in [1.54, 1.807) is 31.4 Å². The summed E-state index contributed by atoms with van der Waals surface area (Å²) in [5.41, 5.74) is 3.01. The van der Waals surface area contributed by atoms with Crippen molar-refractivity contribution < 1.29 is 19.1 Å². The van der Waals surface area contributed by atoms with Crippen LogP contribution in [0.25, 0.3) is 22.3 Å². The Morgan fingerprint density at radius 2 is 1.83 bits per heavy atom. The van der Waals surface area contributed by atoms with Gasteiger partial charge < -0.3 is 14.3 Å². The Hall–Kier alpha value is -3.01. The van der Waals surface area contributed by atoms with E-state index in [1.807, 2.05) is 36.4 Å². The summed E-state index contributed by atoms with van der Waals surface area (Å²) in [6.07, 6.45) is 1.54. The van der Waals surface area contributed by atoms with E-state index in [0.717, 1.165) is 11.1 Å². The van der Waals surface area contributed by atoms with Crippen molar-refractivity contribution in [1.82, 2.24) is 0 Å². The van der Waals surface area contributed by atoms with Gasteiger partial charge in [0.1, 0.15) is 12.0 Å². The molecule has 0 saturated carbocycles. The number of carbonyl (C=O) groups excluding carboxylic acids is 1. The molecule has 1 heterocycles. The monoisotopic (exact) mass is 308 g/mol. The van der Waals surface area contributed by atoms with Gasteiger partial charge in [-0.15, -0.1) is 0 Å². The lowest BCUT2D eigenvalue weighted by atomic mass is 9.96. The van der Waals surface area contributed by atoms with Gasteiger partial charge >= 0.3 is 5.97 Å². The number of ether oxygens (including phenoxy) is 1. The Balaban J connectivity index is 2.20. The van der Waals surface area contributed by atoms with Crippen molar-refractivity contribution in [3.63, 3.8) is 0 Å². The molecule has 0 unspecified atom stereocenters. The number of carbonyl (C=O) groups is 1. The van der Waals surface area contributed by atoms with Crippen LogP contribution >= 0.6 is 0 Å². The third-order valence-electron chi connectivity index (χ3n) is 3.47. The van der Waals surface area contributed by atoms with Gasteiger partial charge in [-0.1, -0.05) is 42.5 Å². The average molecular weight is 308 g/mol. The SMILES string of the molecule is CCOC(=O)c1occ(-c2ccccc2)c1-c1cccc(O)c1. The smallest absolute Gasteiger partial charge is 0.374 e. The molecule has 0 aliphatic carbocycles. The van der Waals surface area contributed by atoms with Crippen LogP contribution in [0.3, 0.4) is 0 Å². The predicted octanol–water partition coefficient (Wildman–Crippen LogP) is 4.50. The number of benzene rings is 2. The van der Waals surface area contributed by atoms with E-state index >= 15 is 0 Å². The van der Waals surface area contributed by atoms with Crippen molar-refractivity contribution in [2.45, 2.75) is 6.92 Å². The first-order valence-corrected chi connectivity index (χ1v) is 7.34. The summed E-state index contributed by atoms with van der Waals surface area (Å²) in [4.78, 5) is 12.2. The molecule has 23 heavy (non-hydrogen) atoms. The molecule has 0 radical (unpaired) electrons. The topological polar surface area (TPSA) is 59.7 Å². The van der Waals surface area contributed by atoms with Crippen LogP contribution in [0.4, 0.5) is 0 Å². The molecule has 0 aliphatic rings. The number of hydrogen-bond donors (Lipinski definition) is 1. The van der Waals surface area contributed by atoms with Gasteiger partial charge in [0, 0.05) is 11.1 Å². The van der Waals surface area contributed by atoms with Gasteiger partial charge in [-0.3, -0.25) is 0 Å². The molecule has 0 saturated heterocycles. The molecule has 0 atom stereocenters. The highest BCUT2D eigenvalue weighted by Crippen LogP contribution is 2.38.